The minimum absolute atomic E-state index is 0.00914. The molecule has 1 N–H and O–H groups in total. The van der Waals surface area contributed by atoms with E-state index >= 15 is 0 Å². The van der Waals surface area contributed by atoms with E-state index in [9.17, 15) is 4.79 Å². The van der Waals surface area contributed by atoms with Crippen LogP contribution in [-0.4, -0.2) is 16.1 Å². The molecule has 13 heavy (non-hydrogen) atoms. The molecule has 1 unspecified atom stereocenters. The summed E-state index contributed by atoms with van der Waals surface area (Å²) in [6.45, 7) is 1.88. The standard InChI is InChI=1S/C9H10BrNO2/c1-6(4-9(12)13)7-2-3-11-5-8(7)10/h2-3,5-6H,4H2,1H3,(H,12,13). The highest BCUT2D eigenvalue weighted by molar-refractivity contribution is 9.10. The molecule has 3 nitrogen and oxygen atoms in total. The van der Waals surface area contributed by atoms with Crippen molar-refractivity contribution in [3.8, 4) is 0 Å². The molecule has 0 saturated heterocycles. The van der Waals surface area contributed by atoms with Gasteiger partial charge in [0, 0.05) is 16.9 Å². The molecular weight excluding hydrogens is 234 g/mol. The minimum Gasteiger partial charge on any atom is -0.481 e. The Kier molecular flexibility index (Phi) is 3.42. The first-order valence-electron chi connectivity index (χ1n) is 3.92. The van der Waals surface area contributed by atoms with Crippen LogP contribution in [0.2, 0.25) is 0 Å². The van der Waals surface area contributed by atoms with Crippen LogP contribution in [0.3, 0.4) is 0 Å². The second-order valence-electron chi connectivity index (χ2n) is 2.90. The second-order valence-corrected chi connectivity index (χ2v) is 3.75. The summed E-state index contributed by atoms with van der Waals surface area (Å²) in [7, 11) is 0. The van der Waals surface area contributed by atoms with Crippen LogP contribution in [0.1, 0.15) is 24.8 Å². The van der Waals surface area contributed by atoms with Crippen LogP contribution < -0.4 is 0 Å². The van der Waals surface area contributed by atoms with Crippen molar-refractivity contribution >= 4 is 21.9 Å². The number of carboxylic acid groups (broad SMARTS) is 1. The third-order valence-electron chi connectivity index (χ3n) is 1.82. The average molecular weight is 244 g/mol. The maximum Gasteiger partial charge on any atom is 0.303 e. The number of halogens is 1. The molecule has 0 saturated carbocycles. The molecule has 70 valence electrons. The lowest BCUT2D eigenvalue weighted by atomic mass is 9.99. The molecule has 1 aromatic heterocycles. The fourth-order valence-corrected chi connectivity index (χ4v) is 1.80. The fourth-order valence-electron chi connectivity index (χ4n) is 1.16. The molecule has 0 amide bonds. The predicted molar refractivity (Wildman–Crippen MR) is 52.6 cm³/mol. The monoisotopic (exact) mass is 243 g/mol. The van der Waals surface area contributed by atoms with Crippen molar-refractivity contribution in [2.75, 3.05) is 0 Å². The molecule has 0 fully saturated rings. The quantitative estimate of drug-likeness (QED) is 0.888. The fraction of sp³-hybridized carbons (Fsp3) is 0.333. The number of hydrogen-bond donors (Lipinski definition) is 1. The molecule has 0 radical (unpaired) electrons. The highest BCUT2D eigenvalue weighted by Gasteiger charge is 2.12. The van der Waals surface area contributed by atoms with Crippen LogP contribution in [0.15, 0.2) is 22.9 Å². The van der Waals surface area contributed by atoms with E-state index in [1.54, 1.807) is 12.4 Å². The van der Waals surface area contributed by atoms with Gasteiger partial charge in [0.15, 0.2) is 0 Å². The Bertz CT molecular complexity index is 314. The van der Waals surface area contributed by atoms with E-state index in [1.165, 1.54) is 0 Å². The number of rotatable bonds is 3. The summed E-state index contributed by atoms with van der Waals surface area (Å²) in [5.74, 6) is -0.772. The molecule has 0 aliphatic carbocycles. The predicted octanol–water partition coefficient (Wildman–Crippen LogP) is 2.42. The number of carbonyl (C=O) groups is 1. The lowest BCUT2D eigenvalue weighted by Gasteiger charge is -2.09. The zero-order chi connectivity index (χ0) is 9.84. The van der Waals surface area contributed by atoms with Crippen LogP contribution >= 0.6 is 15.9 Å². The number of aliphatic carboxylic acids is 1. The van der Waals surface area contributed by atoms with Crippen molar-refractivity contribution in [1.29, 1.82) is 0 Å². The summed E-state index contributed by atoms with van der Waals surface area (Å²) in [5, 5.41) is 8.61. The summed E-state index contributed by atoms with van der Waals surface area (Å²) >= 11 is 3.33. The largest absolute Gasteiger partial charge is 0.481 e. The number of carboxylic acids is 1. The first kappa shape index (κ1) is 10.2. The summed E-state index contributed by atoms with van der Waals surface area (Å²) in [6, 6.07) is 1.83. The molecule has 0 spiro atoms. The maximum atomic E-state index is 10.5. The van der Waals surface area contributed by atoms with Crippen LogP contribution in [0.25, 0.3) is 0 Å². The third kappa shape index (κ3) is 2.81. The Morgan fingerprint density at radius 3 is 3.00 bits per heavy atom. The average Bonchev–Trinajstić information content (AvgIpc) is 2.03. The zero-order valence-electron chi connectivity index (χ0n) is 7.20. The smallest absolute Gasteiger partial charge is 0.303 e. The highest BCUT2D eigenvalue weighted by Crippen LogP contribution is 2.25. The van der Waals surface area contributed by atoms with Gasteiger partial charge in [-0.2, -0.15) is 0 Å². The SMILES string of the molecule is CC(CC(=O)O)c1ccncc1Br. The van der Waals surface area contributed by atoms with Crippen molar-refractivity contribution < 1.29 is 9.90 Å². The van der Waals surface area contributed by atoms with Crippen LogP contribution in [0.4, 0.5) is 0 Å². The Balaban J connectivity index is 2.82. The number of pyridine rings is 1. The summed E-state index contributed by atoms with van der Waals surface area (Å²) < 4.78 is 0.865. The molecule has 0 aliphatic rings. The van der Waals surface area contributed by atoms with Crippen molar-refractivity contribution in [3.05, 3.63) is 28.5 Å². The van der Waals surface area contributed by atoms with Crippen molar-refractivity contribution in [2.24, 2.45) is 0 Å². The highest BCUT2D eigenvalue weighted by atomic mass is 79.9. The van der Waals surface area contributed by atoms with Crippen LogP contribution in [0, 0.1) is 0 Å². The second kappa shape index (κ2) is 4.37. The number of aromatic nitrogens is 1. The van der Waals surface area contributed by atoms with E-state index < -0.39 is 5.97 Å². The minimum atomic E-state index is -0.781. The topological polar surface area (TPSA) is 50.2 Å². The van der Waals surface area contributed by atoms with Crippen molar-refractivity contribution in [1.82, 2.24) is 4.98 Å². The Labute approximate surface area is 84.9 Å². The number of hydrogen-bond acceptors (Lipinski definition) is 2. The van der Waals surface area contributed by atoms with Gasteiger partial charge >= 0.3 is 5.97 Å². The maximum absolute atomic E-state index is 10.5. The molecule has 4 heteroatoms. The Morgan fingerprint density at radius 1 is 1.77 bits per heavy atom. The molecule has 1 heterocycles. The van der Waals surface area contributed by atoms with Gasteiger partial charge in [0.25, 0.3) is 0 Å². The van der Waals surface area contributed by atoms with E-state index in [0.717, 1.165) is 10.0 Å². The number of nitrogens with zero attached hydrogens (tertiary/aromatic N) is 1. The molecule has 1 rings (SSSR count). The van der Waals surface area contributed by atoms with Crippen LogP contribution in [-0.2, 0) is 4.79 Å². The molecule has 1 atom stereocenters. The van der Waals surface area contributed by atoms with Gasteiger partial charge in [0.1, 0.15) is 0 Å². The molecule has 0 aliphatic heterocycles. The third-order valence-corrected chi connectivity index (χ3v) is 2.48. The Morgan fingerprint density at radius 2 is 2.46 bits per heavy atom. The Hall–Kier alpha value is -0.900. The lowest BCUT2D eigenvalue weighted by Crippen LogP contribution is -2.03. The van der Waals surface area contributed by atoms with Gasteiger partial charge in [-0.25, -0.2) is 0 Å². The summed E-state index contributed by atoms with van der Waals surface area (Å²) in [5.41, 5.74) is 0.984. The van der Waals surface area contributed by atoms with Gasteiger partial charge in [-0.15, -0.1) is 0 Å². The van der Waals surface area contributed by atoms with Gasteiger partial charge in [-0.3, -0.25) is 9.78 Å². The molecule has 0 aromatic carbocycles. The summed E-state index contributed by atoms with van der Waals surface area (Å²) in [4.78, 5) is 14.4. The first-order chi connectivity index (χ1) is 6.11. The van der Waals surface area contributed by atoms with E-state index in [1.807, 2.05) is 13.0 Å². The lowest BCUT2D eigenvalue weighted by molar-refractivity contribution is -0.137. The molecular formula is C9H10BrNO2. The summed E-state index contributed by atoms with van der Waals surface area (Å²) in [6.07, 6.45) is 3.48. The van der Waals surface area contributed by atoms with Gasteiger partial charge < -0.3 is 5.11 Å². The van der Waals surface area contributed by atoms with E-state index in [2.05, 4.69) is 20.9 Å². The van der Waals surface area contributed by atoms with Gasteiger partial charge in [0.2, 0.25) is 0 Å². The first-order valence-corrected chi connectivity index (χ1v) is 4.71. The van der Waals surface area contributed by atoms with Crippen LogP contribution in [0.5, 0.6) is 0 Å². The van der Waals surface area contributed by atoms with Gasteiger partial charge in [-0.05, 0) is 33.5 Å². The van der Waals surface area contributed by atoms with Crippen molar-refractivity contribution in [3.63, 3.8) is 0 Å². The molecule has 0 bridgehead atoms. The van der Waals surface area contributed by atoms with Gasteiger partial charge in [0.05, 0.1) is 6.42 Å². The molecule has 1 aromatic rings. The van der Waals surface area contributed by atoms with E-state index in [-0.39, 0.29) is 12.3 Å². The van der Waals surface area contributed by atoms with E-state index in [0.29, 0.717) is 0 Å². The zero-order valence-corrected chi connectivity index (χ0v) is 8.78. The van der Waals surface area contributed by atoms with Crippen molar-refractivity contribution in [2.45, 2.75) is 19.3 Å². The van der Waals surface area contributed by atoms with Gasteiger partial charge in [-0.1, -0.05) is 6.92 Å². The van der Waals surface area contributed by atoms with E-state index in [4.69, 9.17) is 5.11 Å². The normalized spacial score (nSPS) is 12.5.